The van der Waals surface area contributed by atoms with Gasteiger partial charge in [0.05, 0.1) is 0 Å². The first-order valence-corrected chi connectivity index (χ1v) is 2.80. The molecule has 0 aromatic rings. The SMILES string of the molecule is [C-]#[N+]C1([N+]#[C-])CC1(C#N)C#N. The van der Waals surface area contributed by atoms with E-state index in [1.165, 1.54) is 0 Å². The molecule has 0 saturated heterocycles. The molecule has 0 amide bonds. The fraction of sp³-hybridized carbons (Fsp3) is 0.429. The monoisotopic (exact) mass is 142 g/mol. The van der Waals surface area contributed by atoms with Gasteiger partial charge in [0.15, 0.2) is 6.42 Å². The molecule has 1 aliphatic rings. The van der Waals surface area contributed by atoms with E-state index in [1.54, 1.807) is 12.1 Å². The molecular formula is C7H2N4. The smallest absolute Gasteiger partial charge is 0.228 e. The number of hydrogen-bond donors (Lipinski definition) is 0. The molecule has 4 nitrogen and oxygen atoms in total. The van der Waals surface area contributed by atoms with Gasteiger partial charge >= 0.3 is 11.1 Å². The van der Waals surface area contributed by atoms with Gasteiger partial charge in [-0.05, 0) is 0 Å². The van der Waals surface area contributed by atoms with Crippen molar-refractivity contribution in [2.24, 2.45) is 5.41 Å². The Kier molecular flexibility index (Phi) is 1.11. The molecule has 1 fully saturated rings. The third-order valence-corrected chi connectivity index (χ3v) is 1.82. The van der Waals surface area contributed by atoms with Crippen LogP contribution in [0.5, 0.6) is 0 Å². The van der Waals surface area contributed by atoms with Gasteiger partial charge in [-0.2, -0.15) is 10.5 Å². The van der Waals surface area contributed by atoms with Crippen molar-refractivity contribution in [2.45, 2.75) is 12.1 Å². The second-order valence-corrected chi connectivity index (χ2v) is 2.35. The van der Waals surface area contributed by atoms with Crippen molar-refractivity contribution < 1.29 is 0 Å². The third kappa shape index (κ3) is 0.536. The van der Waals surface area contributed by atoms with Crippen LogP contribution in [0.3, 0.4) is 0 Å². The highest BCUT2D eigenvalue weighted by Crippen LogP contribution is 2.59. The van der Waals surface area contributed by atoms with Crippen molar-refractivity contribution in [3.63, 3.8) is 0 Å². The van der Waals surface area contributed by atoms with Gasteiger partial charge in [0.2, 0.25) is 0 Å². The Hall–Kier alpha value is -2.04. The Morgan fingerprint density at radius 1 is 1.18 bits per heavy atom. The van der Waals surface area contributed by atoms with E-state index in [4.69, 9.17) is 23.7 Å². The summed E-state index contributed by atoms with van der Waals surface area (Å²) in [5.74, 6) is 0. The average molecular weight is 142 g/mol. The Morgan fingerprint density at radius 3 is 1.73 bits per heavy atom. The van der Waals surface area contributed by atoms with Gasteiger partial charge in [0.25, 0.3) is 0 Å². The number of nitriles is 2. The van der Waals surface area contributed by atoms with E-state index in [2.05, 4.69) is 9.69 Å². The van der Waals surface area contributed by atoms with Gasteiger partial charge in [-0.1, -0.05) is 0 Å². The van der Waals surface area contributed by atoms with Crippen molar-refractivity contribution in [1.29, 1.82) is 10.5 Å². The molecular weight excluding hydrogens is 140 g/mol. The van der Waals surface area contributed by atoms with E-state index in [1.807, 2.05) is 0 Å². The van der Waals surface area contributed by atoms with Crippen LogP contribution in [0.15, 0.2) is 0 Å². The number of nitrogens with zero attached hydrogens (tertiary/aromatic N) is 4. The van der Waals surface area contributed by atoms with E-state index in [9.17, 15) is 0 Å². The molecule has 0 aromatic carbocycles. The van der Waals surface area contributed by atoms with Gasteiger partial charge in [-0.15, -0.1) is 0 Å². The minimum atomic E-state index is -1.39. The quantitative estimate of drug-likeness (QED) is 0.473. The van der Waals surface area contributed by atoms with Gasteiger partial charge in [0.1, 0.15) is 12.1 Å². The molecule has 1 saturated carbocycles. The zero-order chi connectivity index (χ0) is 8.54. The zero-order valence-electron chi connectivity index (χ0n) is 5.50. The summed E-state index contributed by atoms with van der Waals surface area (Å²) in [7, 11) is 0. The topological polar surface area (TPSA) is 56.3 Å². The molecule has 0 heterocycles. The predicted octanol–water partition coefficient (Wildman–Crippen LogP) is 0.959. The van der Waals surface area contributed by atoms with Crippen LogP contribution in [-0.2, 0) is 0 Å². The molecule has 0 radical (unpaired) electrons. The number of hydrogen-bond acceptors (Lipinski definition) is 2. The van der Waals surface area contributed by atoms with Crippen LogP contribution in [0.2, 0.25) is 0 Å². The zero-order valence-corrected chi connectivity index (χ0v) is 5.50. The fourth-order valence-electron chi connectivity index (χ4n) is 0.904. The van der Waals surface area contributed by atoms with Gasteiger partial charge in [-0.3, -0.25) is 0 Å². The summed E-state index contributed by atoms with van der Waals surface area (Å²) in [6.45, 7) is 13.3. The van der Waals surface area contributed by atoms with Crippen molar-refractivity contribution in [3.05, 3.63) is 22.8 Å². The fourth-order valence-corrected chi connectivity index (χ4v) is 0.904. The van der Waals surface area contributed by atoms with E-state index < -0.39 is 11.1 Å². The van der Waals surface area contributed by atoms with Gasteiger partial charge < -0.3 is 0 Å². The van der Waals surface area contributed by atoms with Gasteiger partial charge in [0, 0.05) is 0 Å². The number of rotatable bonds is 0. The van der Waals surface area contributed by atoms with Crippen LogP contribution in [-0.4, -0.2) is 5.66 Å². The van der Waals surface area contributed by atoms with Crippen molar-refractivity contribution in [1.82, 2.24) is 0 Å². The molecule has 0 N–H and O–H groups in total. The molecule has 1 aliphatic carbocycles. The first-order chi connectivity index (χ1) is 5.20. The minimum absolute atomic E-state index is 0.0694. The summed E-state index contributed by atoms with van der Waals surface area (Å²) in [6, 6.07) is 3.41. The van der Waals surface area contributed by atoms with E-state index in [0.29, 0.717) is 0 Å². The third-order valence-electron chi connectivity index (χ3n) is 1.82. The standard InChI is InChI=1S/C7H2N4/c1-10-7(11-2)3-6(7,4-8)5-9/h3H2. The van der Waals surface area contributed by atoms with Crippen LogP contribution < -0.4 is 0 Å². The Morgan fingerprint density at radius 2 is 1.64 bits per heavy atom. The maximum Gasteiger partial charge on any atom is 0.518 e. The highest BCUT2D eigenvalue weighted by atomic mass is 15.1. The molecule has 1 rings (SSSR count). The highest BCUT2D eigenvalue weighted by Gasteiger charge is 2.87. The highest BCUT2D eigenvalue weighted by molar-refractivity contribution is 5.46. The van der Waals surface area contributed by atoms with Crippen molar-refractivity contribution in [2.75, 3.05) is 0 Å². The lowest BCUT2D eigenvalue weighted by atomic mass is 10.1. The molecule has 50 valence electrons. The lowest BCUT2D eigenvalue weighted by Crippen LogP contribution is -2.08. The second kappa shape index (κ2) is 1.72. The van der Waals surface area contributed by atoms with Crippen LogP contribution in [0.4, 0.5) is 0 Å². The first kappa shape index (κ1) is 7.07. The lowest BCUT2D eigenvalue weighted by molar-refractivity contribution is 0.794. The van der Waals surface area contributed by atoms with Crippen LogP contribution >= 0.6 is 0 Å². The van der Waals surface area contributed by atoms with E-state index in [0.717, 1.165) is 0 Å². The second-order valence-electron chi connectivity index (χ2n) is 2.35. The maximum absolute atomic E-state index is 8.50. The normalized spacial score (nSPS) is 21.5. The average Bonchev–Trinajstić information content (AvgIpc) is 2.75. The molecule has 0 unspecified atom stereocenters. The summed E-state index contributed by atoms with van der Waals surface area (Å²) in [4.78, 5) is 5.99. The molecule has 0 aliphatic heterocycles. The molecule has 0 aromatic heterocycles. The molecule has 11 heavy (non-hydrogen) atoms. The van der Waals surface area contributed by atoms with E-state index in [-0.39, 0.29) is 6.42 Å². The van der Waals surface area contributed by atoms with Crippen LogP contribution in [0, 0.1) is 41.2 Å². The van der Waals surface area contributed by atoms with Crippen LogP contribution in [0.1, 0.15) is 6.42 Å². The molecule has 0 atom stereocenters. The summed E-state index contributed by atoms with van der Waals surface area (Å²) < 4.78 is 0. The molecule has 0 spiro atoms. The predicted molar refractivity (Wildman–Crippen MR) is 34.2 cm³/mol. The van der Waals surface area contributed by atoms with E-state index >= 15 is 0 Å². The lowest BCUT2D eigenvalue weighted by Gasteiger charge is -1.85. The Labute approximate surface area is 63.9 Å². The summed E-state index contributed by atoms with van der Waals surface area (Å²) in [5, 5.41) is 17.0. The summed E-state index contributed by atoms with van der Waals surface area (Å²) in [6.07, 6.45) is 0.0694. The summed E-state index contributed by atoms with van der Waals surface area (Å²) >= 11 is 0. The Balaban J connectivity index is 3.11. The minimum Gasteiger partial charge on any atom is -0.228 e. The molecule has 4 heteroatoms. The largest absolute Gasteiger partial charge is 0.518 e. The van der Waals surface area contributed by atoms with Crippen molar-refractivity contribution >= 4 is 0 Å². The molecule has 0 bridgehead atoms. The Bertz CT molecular complexity index is 290. The van der Waals surface area contributed by atoms with Crippen LogP contribution in [0.25, 0.3) is 9.69 Å². The van der Waals surface area contributed by atoms with Gasteiger partial charge in [-0.25, -0.2) is 22.8 Å². The first-order valence-electron chi connectivity index (χ1n) is 2.80. The maximum atomic E-state index is 8.50. The van der Waals surface area contributed by atoms with Crippen molar-refractivity contribution in [3.8, 4) is 12.1 Å². The summed E-state index contributed by atoms with van der Waals surface area (Å²) in [5.41, 5.74) is -2.74.